The smallest absolute Gasteiger partial charge is 0.272 e. The van der Waals surface area contributed by atoms with Crippen molar-refractivity contribution in [1.29, 1.82) is 0 Å². The summed E-state index contributed by atoms with van der Waals surface area (Å²) in [5.74, 6) is -0.0363. The maximum atomic E-state index is 12.7. The van der Waals surface area contributed by atoms with E-state index in [1.54, 1.807) is 16.7 Å². The molecule has 0 aliphatic heterocycles. The van der Waals surface area contributed by atoms with Gasteiger partial charge in [0.15, 0.2) is 5.16 Å². The second-order valence-electron chi connectivity index (χ2n) is 6.16. The zero-order chi connectivity index (χ0) is 19.4. The minimum atomic E-state index is -0.188. The first-order valence-corrected chi connectivity index (χ1v) is 10.9. The van der Waals surface area contributed by atoms with Crippen LogP contribution < -0.4 is 10.9 Å². The van der Waals surface area contributed by atoms with Crippen molar-refractivity contribution in [3.05, 3.63) is 50.6 Å². The highest BCUT2D eigenvalue weighted by Crippen LogP contribution is 2.24. The Bertz CT molecular complexity index is 1030. The highest BCUT2D eigenvalue weighted by Gasteiger charge is 2.14. The summed E-state index contributed by atoms with van der Waals surface area (Å²) in [6, 6.07) is 7.32. The summed E-state index contributed by atoms with van der Waals surface area (Å²) in [7, 11) is 0. The van der Waals surface area contributed by atoms with Crippen molar-refractivity contribution in [2.45, 2.75) is 38.4 Å². The topological polar surface area (TPSA) is 64.0 Å². The van der Waals surface area contributed by atoms with Gasteiger partial charge >= 0.3 is 0 Å². The van der Waals surface area contributed by atoms with Gasteiger partial charge in [-0.1, -0.05) is 42.8 Å². The molecule has 2 aromatic heterocycles. The molecule has 0 saturated carbocycles. The van der Waals surface area contributed by atoms with Crippen LogP contribution in [0, 0.1) is 6.92 Å². The Morgan fingerprint density at radius 2 is 2.19 bits per heavy atom. The van der Waals surface area contributed by atoms with Gasteiger partial charge in [0, 0.05) is 6.54 Å². The number of thiophene rings is 1. The maximum Gasteiger partial charge on any atom is 0.272 e. The molecule has 0 aliphatic carbocycles. The summed E-state index contributed by atoms with van der Waals surface area (Å²) in [5.41, 5.74) is 2.26. The lowest BCUT2D eigenvalue weighted by Crippen LogP contribution is -2.23. The molecule has 0 bridgehead atoms. The number of thioether (sulfide) groups is 1. The van der Waals surface area contributed by atoms with Crippen LogP contribution in [0.2, 0.25) is 5.02 Å². The highest BCUT2D eigenvalue weighted by molar-refractivity contribution is 7.99. The van der Waals surface area contributed by atoms with Crippen LogP contribution in [0.4, 0.5) is 5.69 Å². The number of hydrogen-bond acceptors (Lipinski definition) is 5. The molecule has 0 unspecified atom stereocenters. The number of unbranched alkanes of at least 4 members (excludes halogenated alkanes) is 1. The number of amides is 1. The number of anilines is 1. The van der Waals surface area contributed by atoms with Crippen molar-refractivity contribution >= 4 is 56.5 Å². The fraction of sp³-hybridized carbons (Fsp3) is 0.316. The van der Waals surface area contributed by atoms with Crippen molar-refractivity contribution in [3.8, 4) is 0 Å². The predicted molar refractivity (Wildman–Crippen MR) is 114 cm³/mol. The molecule has 0 atom stereocenters. The van der Waals surface area contributed by atoms with Gasteiger partial charge in [-0.05, 0) is 42.5 Å². The number of aromatic nitrogens is 2. The van der Waals surface area contributed by atoms with Crippen LogP contribution in [-0.4, -0.2) is 21.2 Å². The van der Waals surface area contributed by atoms with E-state index in [0.29, 0.717) is 32.6 Å². The number of carbonyl (C=O) groups is 1. The Labute approximate surface area is 170 Å². The summed E-state index contributed by atoms with van der Waals surface area (Å²) < 4.78 is 2.34. The van der Waals surface area contributed by atoms with Gasteiger partial charge in [0.05, 0.1) is 22.0 Å². The van der Waals surface area contributed by atoms with Crippen LogP contribution in [0.1, 0.15) is 25.3 Å². The molecule has 1 N–H and O–H groups in total. The van der Waals surface area contributed by atoms with E-state index in [4.69, 9.17) is 11.6 Å². The number of fused-ring (bicyclic) bond motifs is 1. The van der Waals surface area contributed by atoms with Gasteiger partial charge in [-0.25, -0.2) is 4.98 Å². The molecule has 0 aliphatic rings. The van der Waals surface area contributed by atoms with Crippen molar-refractivity contribution in [2.24, 2.45) is 0 Å². The SMILES string of the molecule is CCCCn1c(SCC(=O)Nc2ccc(C)cc2Cl)nc2ccsc2c1=O. The van der Waals surface area contributed by atoms with Crippen LogP contribution in [0.15, 0.2) is 39.6 Å². The number of nitrogens with zero attached hydrogens (tertiary/aromatic N) is 2. The highest BCUT2D eigenvalue weighted by atomic mass is 35.5. The van der Waals surface area contributed by atoms with Gasteiger partial charge in [0.25, 0.3) is 5.56 Å². The molecule has 3 aromatic rings. The molecule has 0 radical (unpaired) electrons. The predicted octanol–water partition coefficient (Wildman–Crippen LogP) is 4.95. The number of carbonyl (C=O) groups excluding carboxylic acids is 1. The lowest BCUT2D eigenvalue weighted by Gasteiger charge is -2.12. The van der Waals surface area contributed by atoms with E-state index < -0.39 is 0 Å². The number of rotatable bonds is 7. The van der Waals surface area contributed by atoms with Gasteiger partial charge in [0.1, 0.15) is 4.70 Å². The molecular weight excluding hydrogens is 402 g/mol. The molecular formula is C19H20ClN3O2S2. The zero-order valence-electron chi connectivity index (χ0n) is 15.1. The first-order valence-electron chi connectivity index (χ1n) is 8.66. The Morgan fingerprint density at radius 3 is 2.93 bits per heavy atom. The van der Waals surface area contributed by atoms with Crippen LogP contribution in [0.25, 0.3) is 10.2 Å². The van der Waals surface area contributed by atoms with Gasteiger partial charge in [-0.2, -0.15) is 0 Å². The van der Waals surface area contributed by atoms with Gasteiger partial charge < -0.3 is 5.32 Å². The molecule has 2 heterocycles. The fourth-order valence-corrected chi connectivity index (χ4v) is 4.47. The van der Waals surface area contributed by atoms with E-state index >= 15 is 0 Å². The molecule has 0 saturated heterocycles. The maximum absolute atomic E-state index is 12.7. The number of aryl methyl sites for hydroxylation is 1. The van der Waals surface area contributed by atoms with Crippen LogP contribution in [0.3, 0.4) is 0 Å². The van der Waals surface area contributed by atoms with Gasteiger partial charge in [-0.15, -0.1) is 11.3 Å². The standard InChI is InChI=1S/C19H20ClN3O2S2/c1-3-4-8-23-18(25)17-15(7-9-26-17)22-19(23)27-11-16(24)21-14-6-5-12(2)10-13(14)20/h5-7,9-10H,3-4,8,11H2,1-2H3,(H,21,24). The van der Waals surface area contributed by atoms with E-state index in [1.165, 1.54) is 23.1 Å². The van der Waals surface area contributed by atoms with Crippen molar-refractivity contribution < 1.29 is 4.79 Å². The molecule has 142 valence electrons. The first kappa shape index (κ1) is 19.9. The van der Waals surface area contributed by atoms with Crippen LogP contribution >= 0.6 is 34.7 Å². The number of hydrogen-bond donors (Lipinski definition) is 1. The molecule has 1 amide bonds. The largest absolute Gasteiger partial charge is 0.324 e. The zero-order valence-corrected chi connectivity index (χ0v) is 17.5. The third kappa shape index (κ3) is 4.72. The van der Waals surface area contributed by atoms with Crippen molar-refractivity contribution in [1.82, 2.24) is 9.55 Å². The summed E-state index contributed by atoms with van der Waals surface area (Å²) in [6.45, 7) is 4.62. The summed E-state index contributed by atoms with van der Waals surface area (Å²) >= 11 is 8.84. The van der Waals surface area contributed by atoms with Gasteiger partial charge in [-0.3, -0.25) is 14.2 Å². The normalized spacial score (nSPS) is 11.1. The number of nitrogens with one attached hydrogen (secondary N) is 1. The van der Waals surface area contributed by atoms with E-state index in [-0.39, 0.29) is 17.2 Å². The molecule has 8 heteroatoms. The average molecular weight is 422 g/mol. The summed E-state index contributed by atoms with van der Waals surface area (Å²) in [6.07, 6.45) is 1.86. The number of halogens is 1. The summed E-state index contributed by atoms with van der Waals surface area (Å²) in [5, 5.41) is 5.76. The fourth-order valence-electron chi connectivity index (χ4n) is 2.58. The summed E-state index contributed by atoms with van der Waals surface area (Å²) in [4.78, 5) is 29.7. The quantitative estimate of drug-likeness (QED) is 0.433. The van der Waals surface area contributed by atoms with Crippen LogP contribution in [-0.2, 0) is 11.3 Å². The third-order valence-corrected chi connectivity index (χ3v) is 6.18. The van der Waals surface area contributed by atoms with E-state index in [1.807, 2.05) is 24.4 Å². The van der Waals surface area contributed by atoms with Crippen molar-refractivity contribution in [3.63, 3.8) is 0 Å². The Morgan fingerprint density at radius 1 is 1.37 bits per heavy atom. The average Bonchev–Trinajstić information content (AvgIpc) is 3.10. The second-order valence-corrected chi connectivity index (χ2v) is 8.43. The minimum absolute atomic E-state index is 0.0343. The molecule has 1 aromatic carbocycles. The van der Waals surface area contributed by atoms with E-state index in [2.05, 4.69) is 17.2 Å². The molecule has 27 heavy (non-hydrogen) atoms. The van der Waals surface area contributed by atoms with Gasteiger partial charge in [0.2, 0.25) is 5.91 Å². The minimum Gasteiger partial charge on any atom is -0.324 e. The van der Waals surface area contributed by atoms with E-state index in [0.717, 1.165) is 18.4 Å². The second kappa shape index (κ2) is 8.91. The van der Waals surface area contributed by atoms with E-state index in [9.17, 15) is 9.59 Å². The Kier molecular flexibility index (Phi) is 6.57. The molecule has 3 rings (SSSR count). The number of benzene rings is 1. The first-order chi connectivity index (χ1) is 13.0. The molecule has 0 spiro atoms. The lowest BCUT2D eigenvalue weighted by molar-refractivity contribution is -0.113. The molecule has 0 fully saturated rings. The Hall–Kier alpha value is -1.83. The van der Waals surface area contributed by atoms with Crippen LogP contribution in [0.5, 0.6) is 0 Å². The Balaban J connectivity index is 1.77. The molecule has 5 nitrogen and oxygen atoms in total. The monoisotopic (exact) mass is 421 g/mol. The lowest BCUT2D eigenvalue weighted by atomic mass is 10.2. The van der Waals surface area contributed by atoms with Crippen molar-refractivity contribution in [2.75, 3.05) is 11.1 Å². The third-order valence-electron chi connectivity index (χ3n) is 4.00.